The van der Waals surface area contributed by atoms with Crippen LogP contribution in [0.25, 0.3) is 10.4 Å². The molecule has 3 aromatic rings. The molecule has 0 saturated carbocycles. The lowest BCUT2D eigenvalue weighted by molar-refractivity contribution is -0.144. The van der Waals surface area contributed by atoms with Gasteiger partial charge in [-0.3, -0.25) is 19.2 Å². The molecule has 0 spiro atoms. The summed E-state index contributed by atoms with van der Waals surface area (Å²) in [4.78, 5) is 58.4. The first-order valence-electron chi connectivity index (χ1n) is 17.7. The largest absolute Gasteiger partial charge is 0.489 e. The van der Waals surface area contributed by atoms with Crippen LogP contribution in [-0.4, -0.2) is 76.0 Å². The minimum Gasteiger partial charge on any atom is -0.489 e. The Morgan fingerprint density at radius 3 is 2.43 bits per heavy atom. The number of ether oxygens (including phenoxy) is 1. The molecule has 1 aliphatic heterocycles. The highest BCUT2D eigenvalue weighted by atomic mass is 32.1. The van der Waals surface area contributed by atoms with Gasteiger partial charge in [0, 0.05) is 37.9 Å². The van der Waals surface area contributed by atoms with E-state index in [1.54, 1.807) is 37.6 Å². The van der Waals surface area contributed by atoms with Crippen molar-refractivity contribution >= 4 is 35.0 Å². The molecular formula is C38H50F2N6O6S. The summed E-state index contributed by atoms with van der Waals surface area (Å²) >= 11 is 1.55. The van der Waals surface area contributed by atoms with Crippen molar-refractivity contribution in [3.63, 3.8) is 0 Å². The summed E-state index contributed by atoms with van der Waals surface area (Å²) in [5, 5.41) is 16.3. The second kappa shape index (κ2) is 18.0. The molecule has 1 aromatic heterocycles. The monoisotopic (exact) mass is 756 g/mol. The van der Waals surface area contributed by atoms with Crippen molar-refractivity contribution in [1.29, 1.82) is 0 Å². The third kappa shape index (κ3) is 11.3. The number of nitrogens with two attached hydrogens (primary N) is 2. The highest BCUT2D eigenvalue weighted by molar-refractivity contribution is 7.13. The summed E-state index contributed by atoms with van der Waals surface area (Å²) in [6, 6.07) is 6.73. The van der Waals surface area contributed by atoms with Crippen molar-refractivity contribution < 1.29 is 37.8 Å². The Bertz CT molecular complexity index is 1760. The van der Waals surface area contributed by atoms with Crippen molar-refractivity contribution in [2.75, 3.05) is 13.2 Å². The smallest absolute Gasteiger partial charge is 0.246 e. The van der Waals surface area contributed by atoms with Gasteiger partial charge in [-0.1, -0.05) is 45.0 Å². The number of benzene rings is 2. The minimum atomic E-state index is -1.04. The van der Waals surface area contributed by atoms with E-state index in [0.29, 0.717) is 0 Å². The number of aliphatic hydroxyl groups excluding tert-OH is 1. The summed E-state index contributed by atoms with van der Waals surface area (Å²) in [7, 11) is 0. The van der Waals surface area contributed by atoms with Gasteiger partial charge >= 0.3 is 0 Å². The lowest BCUT2D eigenvalue weighted by Crippen LogP contribution is -2.57. The standard InChI is InChI=1S/C38H50F2N6O6S/c1-21(23-9-11-24(12-10-23)34-22(2)43-20-53-34)44-36(50)29-17-28(47)18-46(29)37(51)35(38(3,4)5)45-32(49)8-6-7-25-15-26(39)16-30(33(25)40)52-19-27(41)13-14-31(42)48/h9-12,15-16,20-21,27-29,35,47H,6-8,13-14,17-19,41H2,1-5H3,(H2,42,48)(H,44,50)(H,45,49)/t21?,27?,28-,29+,35?/m1/s1. The number of thiazole rings is 1. The van der Waals surface area contributed by atoms with Crippen molar-refractivity contribution in [1.82, 2.24) is 20.5 Å². The molecule has 2 aromatic carbocycles. The fraction of sp³-hybridized carbons (Fsp3) is 0.500. The maximum Gasteiger partial charge on any atom is 0.246 e. The van der Waals surface area contributed by atoms with E-state index in [4.69, 9.17) is 16.2 Å². The lowest BCUT2D eigenvalue weighted by atomic mass is 9.85. The Hall–Kier alpha value is -4.47. The van der Waals surface area contributed by atoms with Crippen LogP contribution in [0, 0.1) is 24.0 Å². The van der Waals surface area contributed by atoms with Gasteiger partial charge in [-0.2, -0.15) is 0 Å². The second-order valence-electron chi connectivity index (χ2n) is 14.7. The molecule has 4 rings (SSSR count). The number of likely N-dealkylation sites (tertiary alicyclic amines) is 1. The summed E-state index contributed by atoms with van der Waals surface area (Å²) in [5.41, 5.74) is 14.9. The molecule has 0 bridgehead atoms. The van der Waals surface area contributed by atoms with Crippen LogP contribution in [0.4, 0.5) is 8.78 Å². The quantitative estimate of drug-likeness (QED) is 0.145. The minimum absolute atomic E-state index is 0.00158. The number of halogens is 2. The van der Waals surface area contributed by atoms with Crippen molar-refractivity contribution in [2.24, 2.45) is 16.9 Å². The molecule has 7 N–H and O–H groups in total. The van der Waals surface area contributed by atoms with E-state index >= 15 is 4.39 Å². The lowest BCUT2D eigenvalue weighted by Gasteiger charge is -2.35. The Morgan fingerprint density at radius 2 is 1.81 bits per heavy atom. The number of nitrogens with one attached hydrogen (secondary N) is 2. The van der Waals surface area contributed by atoms with Gasteiger partial charge in [0.25, 0.3) is 0 Å². The highest BCUT2D eigenvalue weighted by Gasteiger charge is 2.44. The number of hydrogen-bond donors (Lipinski definition) is 5. The molecule has 0 aliphatic carbocycles. The summed E-state index contributed by atoms with van der Waals surface area (Å²) < 4.78 is 34.9. The van der Waals surface area contributed by atoms with Crippen LogP contribution in [0.2, 0.25) is 0 Å². The van der Waals surface area contributed by atoms with Crippen molar-refractivity contribution in [3.05, 3.63) is 70.4 Å². The van der Waals surface area contributed by atoms with Crippen LogP contribution < -0.4 is 26.8 Å². The van der Waals surface area contributed by atoms with Gasteiger partial charge in [0.05, 0.1) is 28.2 Å². The first kappa shape index (κ1) is 41.3. The molecule has 1 aliphatic rings. The number of hydrogen-bond acceptors (Lipinski definition) is 9. The van der Waals surface area contributed by atoms with Crippen LogP contribution in [0.5, 0.6) is 5.75 Å². The molecule has 15 heteroatoms. The third-order valence-corrected chi connectivity index (χ3v) is 10.2. The van der Waals surface area contributed by atoms with Crippen LogP contribution in [0.1, 0.15) is 82.7 Å². The zero-order valence-corrected chi connectivity index (χ0v) is 31.6. The van der Waals surface area contributed by atoms with Gasteiger partial charge in [-0.25, -0.2) is 13.8 Å². The van der Waals surface area contributed by atoms with E-state index in [1.807, 2.05) is 38.1 Å². The number of carbonyl (C=O) groups is 4. The summed E-state index contributed by atoms with van der Waals surface area (Å²) in [5.74, 6) is -3.80. The summed E-state index contributed by atoms with van der Waals surface area (Å²) in [6.07, 6.45) is -0.596. The fourth-order valence-corrected chi connectivity index (χ4v) is 7.01. The number of nitrogens with zero attached hydrogens (tertiary/aromatic N) is 2. The third-order valence-electron chi connectivity index (χ3n) is 9.20. The number of aliphatic hydroxyl groups is 1. The number of amides is 4. The van der Waals surface area contributed by atoms with Gasteiger partial charge in [0.2, 0.25) is 23.6 Å². The first-order valence-corrected chi connectivity index (χ1v) is 18.6. The number of aromatic nitrogens is 1. The van der Waals surface area contributed by atoms with Crippen LogP contribution in [0.15, 0.2) is 41.9 Å². The predicted molar refractivity (Wildman–Crippen MR) is 198 cm³/mol. The van der Waals surface area contributed by atoms with Crippen LogP contribution in [-0.2, 0) is 25.6 Å². The first-order chi connectivity index (χ1) is 24.9. The second-order valence-corrected chi connectivity index (χ2v) is 15.5. The maximum absolute atomic E-state index is 15.2. The van der Waals surface area contributed by atoms with Crippen molar-refractivity contribution in [2.45, 2.75) is 103 Å². The van der Waals surface area contributed by atoms with Crippen LogP contribution in [0.3, 0.4) is 0 Å². The average molecular weight is 757 g/mol. The zero-order valence-electron chi connectivity index (χ0n) is 30.8. The van der Waals surface area contributed by atoms with E-state index in [2.05, 4.69) is 15.6 Å². The maximum atomic E-state index is 15.2. The number of β-amino-alcohol motifs (C(OH)–C–C–N with tert-alkyl or cyclic N) is 1. The van der Waals surface area contributed by atoms with Gasteiger partial charge in [0.15, 0.2) is 11.6 Å². The van der Waals surface area contributed by atoms with Gasteiger partial charge < -0.3 is 36.8 Å². The van der Waals surface area contributed by atoms with Crippen molar-refractivity contribution in [3.8, 4) is 16.2 Å². The highest BCUT2D eigenvalue weighted by Crippen LogP contribution is 2.30. The van der Waals surface area contributed by atoms with Crippen LogP contribution >= 0.6 is 11.3 Å². The zero-order chi connectivity index (χ0) is 39.0. The molecule has 4 amide bonds. The molecule has 3 unspecified atom stereocenters. The average Bonchev–Trinajstić information content (AvgIpc) is 3.71. The number of rotatable bonds is 16. The fourth-order valence-electron chi connectivity index (χ4n) is 6.20. The molecular weight excluding hydrogens is 707 g/mol. The molecule has 1 saturated heterocycles. The molecule has 0 radical (unpaired) electrons. The van der Waals surface area contributed by atoms with E-state index in [0.717, 1.165) is 33.8 Å². The van der Waals surface area contributed by atoms with E-state index in [1.165, 1.54) is 4.90 Å². The summed E-state index contributed by atoms with van der Waals surface area (Å²) in [6.45, 7) is 8.89. The van der Waals surface area contributed by atoms with Gasteiger partial charge in [-0.05, 0) is 61.3 Å². The van der Waals surface area contributed by atoms with E-state index in [-0.39, 0.29) is 69.0 Å². The molecule has 288 valence electrons. The Kier molecular flexibility index (Phi) is 14.1. The number of aryl methyl sites for hydroxylation is 2. The Morgan fingerprint density at radius 1 is 1.11 bits per heavy atom. The van der Waals surface area contributed by atoms with Gasteiger partial charge in [0.1, 0.15) is 24.5 Å². The van der Waals surface area contributed by atoms with E-state index < -0.39 is 64.9 Å². The Balaban J connectivity index is 1.35. The molecule has 2 heterocycles. The van der Waals surface area contributed by atoms with E-state index in [9.17, 15) is 28.7 Å². The molecule has 53 heavy (non-hydrogen) atoms. The number of primary amides is 1. The van der Waals surface area contributed by atoms with Gasteiger partial charge in [-0.15, -0.1) is 11.3 Å². The predicted octanol–water partition coefficient (Wildman–Crippen LogP) is 4.06. The normalized spacial score (nSPS) is 17.6. The molecule has 5 atom stereocenters. The Labute approximate surface area is 312 Å². The topological polar surface area (TPSA) is 190 Å². The molecule has 12 nitrogen and oxygen atoms in total. The molecule has 1 fully saturated rings. The SMILES string of the molecule is Cc1ncsc1-c1ccc(C(C)NC(=O)[C@@H]2C[C@@H](O)CN2C(=O)C(NC(=O)CCCc2cc(F)cc(OCC(N)CCC(N)=O)c2F)C(C)(C)C)cc1. The number of carbonyl (C=O) groups excluding carboxylic acids is 4.